The number of nitrogens with one attached hydrogen (secondary N) is 1. The Labute approximate surface area is 99.7 Å². The highest BCUT2D eigenvalue weighted by atomic mass is 35.5. The maximum absolute atomic E-state index is 13.3. The summed E-state index contributed by atoms with van der Waals surface area (Å²) in [5, 5.41) is 12.0. The van der Waals surface area contributed by atoms with E-state index in [1.54, 1.807) is 0 Å². The first-order valence-corrected chi connectivity index (χ1v) is 5.67. The summed E-state index contributed by atoms with van der Waals surface area (Å²) in [7, 11) is 0. The molecule has 5 heteroatoms. The molecular formula is C11H16ClFN2O. The first kappa shape index (κ1) is 13.2. The van der Waals surface area contributed by atoms with Gasteiger partial charge >= 0.3 is 0 Å². The number of nitrogens with zero attached hydrogens (tertiary/aromatic N) is 1. The molecule has 16 heavy (non-hydrogen) atoms. The molecule has 1 atom stereocenters. The van der Waals surface area contributed by atoms with Crippen molar-refractivity contribution < 1.29 is 9.50 Å². The minimum absolute atomic E-state index is 0.188. The van der Waals surface area contributed by atoms with Gasteiger partial charge in [0.25, 0.3) is 0 Å². The van der Waals surface area contributed by atoms with Crippen molar-refractivity contribution >= 4 is 17.4 Å². The number of rotatable bonds is 6. The predicted molar refractivity (Wildman–Crippen MR) is 63.2 cm³/mol. The molecule has 0 aliphatic carbocycles. The molecule has 1 heterocycles. The van der Waals surface area contributed by atoms with Gasteiger partial charge in [0, 0.05) is 19.3 Å². The van der Waals surface area contributed by atoms with Crippen molar-refractivity contribution in [3.05, 3.63) is 23.1 Å². The molecule has 0 aliphatic heterocycles. The van der Waals surface area contributed by atoms with E-state index in [4.69, 9.17) is 16.7 Å². The molecule has 0 aliphatic rings. The van der Waals surface area contributed by atoms with Gasteiger partial charge in [-0.25, -0.2) is 9.37 Å². The molecule has 2 N–H and O–H groups in total. The highest BCUT2D eigenvalue weighted by Gasteiger charge is 2.04. The molecule has 1 unspecified atom stereocenters. The smallest absolute Gasteiger partial charge is 0.166 e. The van der Waals surface area contributed by atoms with Crippen LogP contribution in [0.5, 0.6) is 0 Å². The first-order chi connectivity index (χ1) is 7.63. The lowest BCUT2D eigenvalue weighted by Gasteiger charge is -2.09. The molecule has 0 fully saturated rings. The van der Waals surface area contributed by atoms with Crippen LogP contribution < -0.4 is 5.32 Å². The average molecular weight is 247 g/mol. The van der Waals surface area contributed by atoms with Crippen LogP contribution in [-0.2, 0) is 0 Å². The van der Waals surface area contributed by atoms with Crippen molar-refractivity contribution in [3.63, 3.8) is 0 Å². The van der Waals surface area contributed by atoms with Gasteiger partial charge in [0.05, 0.1) is 5.02 Å². The standard InChI is InChI=1S/C11H16ClFN2O/c1-8(7-16)3-2-4-14-11-10(13)5-9(12)6-15-11/h5-6,8,16H,2-4,7H2,1H3,(H,14,15). The van der Waals surface area contributed by atoms with Crippen molar-refractivity contribution in [2.75, 3.05) is 18.5 Å². The van der Waals surface area contributed by atoms with Crippen LogP contribution in [0.15, 0.2) is 12.3 Å². The molecule has 0 bridgehead atoms. The normalized spacial score (nSPS) is 12.5. The molecule has 1 aromatic rings. The predicted octanol–water partition coefficient (Wildman–Crippen LogP) is 2.69. The van der Waals surface area contributed by atoms with E-state index in [9.17, 15) is 4.39 Å². The number of aromatic nitrogens is 1. The number of hydrogen-bond acceptors (Lipinski definition) is 3. The van der Waals surface area contributed by atoms with E-state index in [1.807, 2.05) is 6.92 Å². The van der Waals surface area contributed by atoms with Gasteiger partial charge in [-0.2, -0.15) is 0 Å². The monoisotopic (exact) mass is 246 g/mol. The fraction of sp³-hybridized carbons (Fsp3) is 0.545. The van der Waals surface area contributed by atoms with Crippen LogP contribution in [0.25, 0.3) is 0 Å². The lowest BCUT2D eigenvalue weighted by atomic mass is 10.1. The van der Waals surface area contributed by atoms with Crippen molar-refractivity contribution in [2.45, 2.75) is 19.8 Å². The topological polar surface area (TPSA) is 45.1 Å². The molecule has 0 saturated carbocycles. The van der Waals surface area contributed by atoms with Gasteiger partial charge in [-0.15, -0.1) is 0 Å². The second-order valence-electron chi connectivity index (χ2n) is 3.84. The summed E-state index contributed by atoms with van der Waals surface area (Å²) in [5.41, 5.74) is 0. The van der Waals surface area contributed by atoms with Gasteiger partial charge in [0.2, 0.25) is 0 Å². The van der Waals surface area contributed by atoms with Crippen molar-refractivity contribution in [1.29, 1.82) is 0 Å². The van der Waals surface area contributed by atoms with E-state index in [0.717, 1.165) is 12.8 Å². The molecule has 90 valence electrons. The SMILES string of the molecule is CC(CO)CCCNc1ncc(Cl)cc1F. The lowest BCUT2D eigenvalue weighted by Crippen LogP contribution is -2.08. The molecule has 3 nitrogen and oxygen atoms in total. The van der Waals surface area contributed by atoms with Crippen LogP contribution in [0.4, 0.5) is 10.2 Å². The number of halogens is 2. The summed E-state index contributed by atoms with van der Waals surface area (Å²) >= 11 is 5.58. The Balaban J connectivity index is 2.32. The van der Waals surface area contributed by atoms with E-state index in [-0.39, 0.29) is 23.4 Å². The molecule has 0 amide bonds. The third-order valence-corrected chi connectivity index (χ3v) is 2.49. The van der Waals surface area contributed by atoms with Gasteiger partial charge in [-0.3, -0.25) is 0 Å². The highest BCUT2D eigenvalue weighted by Crippen LogP contribution is 2.15. The molecule has 0 saturated heterocycles. The van der Waals surface area contributed by atoms with Gasteiger partial charge in [-0.1, -0.05) is 18.5 Å². The number of aliphatic hydroxyl groups is 1. The Kier molecular flexibility index (Phi) is 5.49. The van der Waals surface area contributed by atoms with Crippen molar-refractivity contribution in [2.24, 2.45) is 5.92 Å². The van der Waals surface area contributed by atoms with Crippen molar-refractivity contribution in [3.8, 4) is 0 Å². The first-order valence-electron chi connectivity index (χ1n) is 5.29. The Morgan fingerprint density at radius 1 is 1.62 bits per heavy atom. The third kappa shape index (κ3) is 4.33. The Hall–Kier alpha value is -0.870. The van der Waals surface area contributed by atoms with Gasteiger partial charge in [0.1, 0.15) is 0 Å². The Bertz CT molecular complexity index is 336. The second-order valence-corrected chi connectivity index (χ2v) is 4.28. The number of anilines is 1. The van der Waals surface area contributed by atoms with Crippen LogP contribution in [0.2, 0.25) is 5.02 Å². The summed E-state index contributed by atoms with van der Waals surface area (Å²) in [4.78, 5) is 3.85. The van der Waals surface area contributed by atoms with Crippen LogP contribution >= 0.6 is 11.6 Å². The summed E-state index contributed by atoms with van der Waals surface area (Å²) in [6.07, 6.45) is 3.17. The molecule has 0 radical (unpaired) electrons. The Morgan fingerprint density at radius 3 is 3.00 bits per heavy atom. The van der Waals surface area contributed by atoms with E-state index in [1.165, 1.54) is 12.3 Å². The third-order valence-electron chi connectivity index (χ3n) is 2.29. The van der Waals surface area contributed by atoms with Crippen molar-refractivity contribution in [1.82, 2.24) is 4.98 Å². The fourth-order valence-electron chi connectivity index (χ4n) is 1.29. The minimum Gasteiger partial charge on any atom is -0.396 e. The minimum atomic E-state index is -0.442. The summed E-state index contributed by atoms with van der Waals surface area (Å²) in [6.45, 7) is 2.80. The average Bonchev–Trinajstić information content (AvgIpc) is 2.26. The fourth-order valence-corrected chi connectivity index (χ4v) is 1.44. The molecular weight excluding hydrogens is 231 g/mol. The van der Waals surface area contributed by atoms with Gasteiger partial charge in [-0.05, 0) is 24.8 Å². The van der Waals surface area contributed by atoms with Gasteiger partial charge in [0.15, 0.2) is 11.6 Å². The summed E-state index contributed by atoms with van der Waals surface area (Å²) in [5.74, 6) is 0.0635. The van der Waals surface area contributed by atoms with E-state index >= 15 is 0 Å². The largest absolute Gasteiger partial charge is 0.396 e. The Morgan fingerprint density at radius 2 is 2.38 bits per heavy atom. The molecule has 0 spiro atoms. The van der Waals surface area contributed by atoms with Gasteiger partial charge < -0.3 is 10.4 Å². The van der Waals surface area contributed by atoms with Crippen LogP contribution in [0.1, 0.15) is 19.8 Å². The number of hydrogen-bond donors (Lipinski definition) is 2. The zero-order valence-electron chi connectivity index (χ0n) is 9.21. The van der Waals surface area contributed by atoms with Crippen LogP contribution in [0, 0.1) is 11.7 Å². The molecule has 1 aromatic heterocycles. The zero-order valence-corrected chi connectivity index (χ0v) is 9.97. The van der Waals surface area contributed by atoms with E-state index < -0.39 is 5.82 Å². The molecule has 0 aromatic carbocycles. The maximum atomic E-state index is 13.3. The quantitative estimate of drug-likeness (QED) is 0.759. The zero-order chi connectivity index (χ0) is 12.0. The van der Waals surface area contributed by atoms with E-state index in [0.29, 0.717) is 6.54 Å². The highest BCUT2D eigenvalue weighted by molar-refractivity contribution is 6.30. The van der Waals surface area contributed by atoms with Crippen LogP contribution in [-0.4, -0.2) is 23.2 Å². The summed E-state index contributed by atoms with van der Waals surface area (Å²) in [6, 6.07) is 1.23. The summed E-state index contributed by atoms with van der Waals surface area (Å²) < 4.78 is 13.3. The second kappa shape index (κ2) is 6.66. The molecule has 1 rings (SSSR count). The lowest BCUT2D eigenvalue weighted by molar-refractivity contribution is 0.229. The van der Waals surface area contributed by atoms with E-state index in [2.05, 4.69) is 10.3 Å². The number of aliphatic hydroxyl groups excluding tert-OH is 1. The number of pyridine rings is 1. The van der Waals surface area contributed by atoms with Crippen LogP contribution in [0.3, 0.4) is 0 Å². The maximum Gasteiger partial charge on any atom is 0.166 e.